The van der Waals surface area contributed by atoms with Crippen LogP contribution in [-0.2, 0) is 20.1 Å². The van der Waals surface area contributed by atoms with Crippen LogP contribution >= 0.6 is 11.3 Å². The van der Waals surface area contributed by atoms with Crippen LogP contribution in [0.25, 0.3) is 0 Å². The number of aliphatic imine (C=N–C) groups is 1. The monoisotopic (exact) mass is 306 g/mol. The van der Waals surface area contributed by atoms with Crippen LogP contribution in [0.2, 0.25) is 0 Å². The van der Waals surface area contributed by atoms with Crippen molar-refractivity contribution in [2.45, 2.75) is 33.9 Å². The molecule has 21 heavy (non-hydrogen) atoms. The molecule has 0 aromatic carbocycles. The van der Waals surface area contributed by atoms with Gasteiger partial charge in [0.15, 0.2) is 5.96 Å². The van der Waals surface area contributed by atoms with Gasteiger partial charge in [-0.25, -0.2) is 9.98 Å². The van der Waals surface area contributed by atoms with Gasteiger partial charge in [0, 0.05) is 30.2 Å². The second kappa shape index (κ2) is 7.21. The van der Waals surface area contributed by atoms with Crippen LogP contribution in [0.15, 0.2) is 17.4 Å². The van der Waals surface area contributed by atoms with Crippen molar-refractivity contribution in [2.24, 2.45) is 12.0 Å². The van der Waals surface area contributed by atoms with E-state index >= 15 is 0 Å². The Morgan fingerprint density at radius 2 is 2.19 bits per heavy atom. The van der Waals surface area contributed by atoms with E-state index in [1.807, 2.05) is 26.4 Å². The number of aryl methyl sites for hydroxylation is 3. The summed E-state index contributed by atoms with van der Waals surface area (Å²) in [4.78, 5) is 10.4. The lowest BCUT2D eigenvalue weighted by Gasteiger charge is -2.09. The Labute approximate surface area is 129 Å². The summed E-state index contributed by atoms with van der Waals surface area (Å²) in [6.07, 6.45) is 3.81. The lowest BCUT2D eigenvalue weighted by atomic mass is 10.4. The second-order valence-electron chi connectivity index (χ2n) is 4.82. The van der Waals surface area contributed by atoms with E-state index in [0.717, 1.165) is 28.8 Å². The van der Waals surface area contributed by atoms with Crippen LogP contribution < -0.4 is 10.6 Å². The normalized spacial score (nSPS) is 11.7. The largest absolute Gasteiger partial charge is 0.357 e. The first-order valence-corrected chi connectivity index (χ1v) is 7.82. The van der Waals surface area contributed by atoms with Crippen LogP contribution in [-0.4, -0.2) is 27.3 Å². The summed E-state index contributed by atoms with van der Waals surface area (Å²) in [5.74, 6) is 0.798. The fourth-order valence-corrected chi connectivity index (χ4v) is 2.71. The first kappa shape index (κ1) is 15.5. The molecule has 2 N–H and O–H groups in total. The van der Waals surface area contributed by atoms with E-state index in [9.17, 15) is 0 Å². The van der Waals surface area contributed by atoms with Gasteiger partial charge in [0.1, 0.15) is 5.01 Å². The summed E-state index contributed by atoms with van der Waals surface area (Å²) >= 11 is 1.72. The molecule has 0 saturated heterocycles. The van der Waals surface area contributed by atoms with Crippen molar-refractivity contribution in [2.75, 3.05) is 6.54 Å². The first-order chi connectivity index (χ1) is 10.1. The number of rotatable bonds is 5. The standard InChI is InChI=1S/C14H22N6S/c1-5-15-14(16-6-12-7-18-20(4)9-12)17-8-13-19-10(2)11(3)21-13/h7,9H,5-6,8H2,1-4H3,(H2,15,16,17). The number of guanidine groups is 1. The quantitative estimate of drug-likeness (QED) is 0.652. The van der Waals surface area contributed by atoms with Crippen LogP contribution in [0.1, 0.15) is 28.1 Å². The molecule has 2 heterocycles. The highest BCUT2D eigenvalue weighted by molar-refractivity contribution is 7.11. The molecule has 2 aromatic heterocycles. The first-order valence-electron chi connectivity index (χ1n) is 7.01. The average Bonchev–Trinajstić information content (AvgIpc) is 3.00. The van der Waals surface area contributed by atoms with E-state index in [-0.39, 0.29) is 0 Å². The van der Waals surface area contributed by atoms with E-state index in [0.29, 0.717) is 13.1 Å². The van der Waals surface area contributed by atoms with Gasteiger partial charge in [-0.2, -0.15) is 5.10 Å². The maximum absolute atomic E-state index is 4.56. The highest BCUT2D eigenvalue weighted by Crippen LogP contribution is 2.15. The van der Waals surface area contributed by atoms with Gasteiger partial charge in [0.2, 0.25) is 0 Å². The Balaban J connectivity index is 1.94. The molecule has 0 aliphatic carbocycles. The Bertz CT molecular complexity index is 593. The minimum atomic E-state index is 0.610. The number of nitrogens with one attached hydrogen (secondary N) is 2. The van der Waals surface area contributed by atoms with E-state index in [1.54, 1.807) is 16.0 Å². The van der Waals surface area contributed by atoms with Crippen molar-refractivity contribution in [1.82, 2.24) is 25.4 Å². The molecule has 6 nitrogen and oxygen atoms in total. The molecule has 0 saturated carbocycles. The summed E-state index contributed by atoms with van der Waals surface area (Å²) in [6, 6.07) is 0. The molecule has 0 spiro atoms. The molecule has 0 unspecified atom stereocenters. The van der Waals surface area contributed by atoms with E-state index in [4.69, 9.17) is 0 Å². The van der Waals surface area contributed by atoms with Crippen molar-refractivity contribution < 1.29 is 0 Å². The highest BCUT2D eigenvalue weighted by atomic mass is 32.1. The maximum Gasteiger partial charge on any atom is 0.191 e. The minimum Gasteiger partial charge on any atom is -0.357 e. The molecule has 2 rings (SSSR count). The number of thiazole rings is 1. The predicted octanol–water partition coefficient (Wildman–Crippen LogP) is 1.75. The number of hydrogen-bond acceptors (Lipinski definition) is 4. The van der Waals surface area contributed by atoms with E-state index < -0.39 is 0 Å². The van der Waals surface area contributed by atoms with Gasteiger partial charge in [-0.05, 0) is 20.8 Å². The number of nitrogens with zero attached hydrogens (tertiary/aromatic N) is 4. The summed E-state index contributed by atoms with van der Waals surface area (Å²) in [7, 11) is 1.91. The van der Waals surface area contributed by atoms with E-state index in [1.165, 1.54) is 4.88 Å². The smallest absolute Gasteiger partial charge is 0.191 e. The second-order valence-corrected chi connectivity index (χ2v) is 6.11. The molecule has 0 atom stereocenters. The highest BCUT2D eigenvalue weighted by Gasteiger charge is 2.05. The average molecular weight is 306 g/mol. The third-order valence-electron chi connectivity index (χ3n) is 3.00. The Hall–Kier alpha value is -1.89. The molecular formula is C14H22N6S. The van der Waals surface area contributed by atoms with Crippen LogP contribution in [0.4, 0.5) is 0 Å². The van der Waals surface area contributed by atoms with Gasteiger partial charge in [0.25, 0.3) is 0 Å². The third kappa shape index (κ3) is 4.56. The molecule has 0 amide bonds. The van der Waals surface area contributed by atoms with Crippen molar-refractivity contribution in [3.8, 4) is 0 Å². The zero-order valence-corrected chi connectivity index (χ0v) is 13.8. The molecule has 0 aliphatic heterocycles. The van der Waals surface area contributed by atoms with Crippen LogP contribution in [0.3, 0.4) is 0 Å². The SMILES string of the molecule is CCNC(=NCc1cnn(C)c1)NCc1nc(C)c(C)s1. The molecule has 114 valence electrons. The van der Waals surface area contributed by atoms with Crippen molar-refractivity contribution >= 4 is 17.3 Å². The Morgan fingerprint density at radius 3 is 2.76 bits per heavy atom. The molecular weight excluding hydrogens is 284 g/mol. The molecule has 0 bridgehead atoms. The van der Waals surface area contributed by atoms with Gasteiger partial charge < -0.3 is 10.6 Å². The third-order valence-corrected chi connectivity index (χ3v) is 4.08. The summed E-state index contributed by atoms with van der Waals surface area (Å²) in [5, 5.41) is 11.8. The number of hydrogen-bond donors (Lipinski definition) is 2. The molecule has 2 aromatic rings. The lowest BCUT2D eigenvalue weighted by Crippen LogP contribution is -2.36. The molecule has 0 radical (unpaired) electrons. The van der Waals surface area contributed by atoms with Gasteiger partial charge >= 0.3 is 0 Å². The predicted molar refractivity (Wildman–Crippen MR) is 86.5 cm³/mol. The molecule has 0 aliphatic rings. The summed E-state index contributed by atoms with van der Waals surface area (Å²) in [5.41, 5.74) is 2.20. The fraction of sp³-hybridized carbons (Fsp3) is 0.500. The van der Waals surface area contributed by atoms with Gasteiger partial charge in [0.05, 0.1) is 25.0 Å². The van der Waals surface area contributed by atoms with Crippen molar-refractivity contribution in [3.05, 3.63) is 33.5 Å². The molecule has 0 fully saturated rings. The van der Waals surface area contributed by atoms with Crippen LogP contribution in [0, 0.1) is 13.8 Å². The van der Waals surface area contributed by atoms with Gasteiger partial charge in [-0.1, -0.05) is 0 Å². The van der Waals surface area contributed by atoms with E-state index in [2.05, 4.69) is 39.6 Å². The summed E-state index contributed by atoms with van der Waals surface area (Å²) < 4.78 is 1.78. The summed E-state index contributed by atoms with van der Waals surface area (Å²) in [6.45, 7) is 8.32. The lowest BCUT2D eigenvalue weighted by molar-refractivity contribution is 0.766. The van der Waals surface area contributed by atoms with Crippen LogP contribution in [0.5, 0.6) is 0 Å². The van der Waals surface area contributed by atoms with Gasteiger partial charge in [-0.15, -0.1) is 11.3 Å². The zero-order valence-electron chi connectivity index (χ0n) is 13.0. The van der Waals surface area contributed by atoms with Crippen molar-refractivity contribution in [1.29, 1.82) is 0 Å². The zero-order chi connectivity index (χ0) is 15.2. The number of aromatic nitrogens is 3. The minimum absolute atomic E-state index is 0.610. The molecule has 7 heteroatoms. The Morgan fingerprint density at radius 1 is 1.38 bits per heavy atom. The van der Waals surface area contributed by atoms with Crippen molar-refractivity contribution in [3.63, 3.8) is 0 Å². The fourth-order valence-electron chi connectivity index (χ4n) is 1.84. The maximum atomic E-state index is 4.56. The van der Waals surface area contributed by atoms with Gasteiger partial charge in [-0.3, -0.25) is 4.68 Å². The Kier molecular flexibility index (Phi) is 5.32. The topological polar surface area (TPSA) is 67.1 Å².